The molecule has 6 rings (SSSR count). The van der Waals surface area contributed by atoms with E-state index in [9.17, 15) is 20.1 Å². The Bertz CT molecular complexity index is 749. The van der Waals surface area contributed by atoms with Crippen LogP contribution in [0.15, 0.2) is 12.2 Å². The Morgan fingerprint density at radius 2 is 1.96 bits per heavy atom. The van der Waals surface area contributed by atoms with Gasteiger partial charge < -0.3 is 20.1 Å². The number of aliphatic hydroxyl groups excluding tert-OH is 2. The first-order chi connectivity index (χ1) is 13.1. The van der Waals surface area contributed by atoms with Gasteiger partial charge in [0.15, 0.2) is 5.78 Å². The molecule has 28 heavy (non-hydrogen) atoms. The molecule has 5 nitrogen and oxygen atoms in total. The molecule has 4 aliphatic carbocycles. The van der Waals surface area contributed by atoms with Crippen molar-refractivity contribution in [3.63, 3.8) is 0 Å². The Balaban J connectivity index is 1.77. The van der Waals surface area contributed by atoms with Crippen molar-refractivity contribution in [2.75, 3.05) is 6.61 Å². The summed E-state index contributed by atoms with van der Waals surface area (Å²) in [5, 5.41) is 34.9. The number of allylic oxidation sites excluding steroid dienone is 1. The molecule has 0 radical (unpaired) electrons. The second-order valence-electron chi connectivity index (χ2n) is 10.7. The van der Waals surface area contributed by atoms with Gasteiger partial charge in [-0.3, -0.25) is 4.79 Å². The molecule has 156 valence electrons. The number of carbonyl (C=O) groups excluding carboxylic acids is 1. The summed E-state index contributed by atoms with van der Waals surface area (Å²) in [6, 6.07) is 0. The molecule has 5 heteroatoms. The van der Waals surface area contributed by atoms with Gasteiger partial charge in [-0.1, -0.05) is 33.8 Å². The fraction of sp³-hybridized carbons (Fsp3) is 0.870. The molecule has 2 aliphatic heterocycles. The number of aliphatic hydroxyl groups is 3. The lowest BCUT2D eigenvalue weighted by molar-refractivity contribution is -0.456. The first-order valence-corrected chi connectivity index (χ1v) is 11.1. The molecular weight excluding hydrogens is 356 g/mol. The third-order valence-corrected chi connectivity index (χ3v) is 10.0. The second-order valence-corrected chi connectivity index (χ2v) is 10.7. The van der Waals surface area contributed by atoms with Crippen molar-refractivity contribution in [2.24, 2.45) is 39.9 Å². The number of hydrogen-bond acceptors (Lipinski definition) is 5. The smallest absolute Gasteiger partial charge is 0.206 e. The highest BCUT2D eigenvalue weighted by atomic mass is 16.6. The van der Waals surface area contributed by atoms with E-state index in [1.54, 1.807) is 0 Å². The normalized spacial score (nSPS) is 59.9. The van der Waals surface area contributed by atoms with Gasteiger partial charge in [-0.25, -0.2) is 0 Å². The summed E-state index contributed by atoms with van der Waals surface area (Å²) >= 11 is 0. The number of Topliss-reactive ketones (excluding diaryl/α,β-unsaturated/α-hetero) is 1. The monoisotopic (exact) mass is 390 g/mol. The van der Waals surface area contributed by atoms with Crippen molar-refractivity contribution in [3.05, 3.63) is 12.2 Å². The van der Waals surface area contributed by atoms with Gasteiger partial charge in [0.25, 0.3) is 0 Å². The number of fused-ring (bicyclic) bond motifs is 2. The molecule has 0 aromatic rings. The number of carbonyl (C=O) groups is 1. The highest BCUT2D eigenvalue weighted by molar-refractivity contribution is 6.04. The van der Waals surface area contributed by atoms with Gasteiger partial charge in [0.05, 0.1) is 18.1 Å². The summed E-state index contributed by atoms with van der Waals surface area (Å²) in [4.78, 5) is 13.6. The van der Waals surface area contributed by atoms with Crippen LogP contribution < -0.4 is 0 Å². The van der Waals surface area contributed by atoms with Crippen LogP contribution in [-0.2, 0) is 9.53 Å². The third kappa shape index (κ3) is 1.67. The maximum Gasteiger partial charge on any atom is 0.206 e. The Labute approximate surface area is 167 Å². The Kier molecular flexibility index (Phi) is 3.76. The van der Waals surface area contributed by atoms with Crippen molar-refractivity contribution in [2.45, 2.75) is 77.3 Å². The fourth-order valence-electron chi connectivity index (χ4n) is 9.08. The van der Waals surface area contributed by atoms with Crippen molar-refractivity contribution in [1.82, 2.24) is 0 Å². The van der Waals surface area contributed by atoms with Gasteiger partial charge >= 0.3 is 0 Å². The maximum atomic E-state index is 13.6. The van der Waals surface area contributed by atoms with E-state index in [1.165, 1.54) is 0 Å². The van der Waals surface area contributed by atoms with Gasteiger partial charge in [0, 0.05) is 11.3 Å². The quantitative estimate of drug-likeness (QED) is 0.631. The Hall–Kier alpha value is -0.750. The van der Waals surface area contributed by atoms with Crippen LogP contribution in [0.3, 0.4) is 0 Å². The lowest BCUT2D eigenvalue weighted by Crippen LogP contribution is -2.84. The molecule has 2 spiro atoms. The number of ether oxygens (including phenoxy) is 1. The molecule has 0 aromatic carbocycles. The first kappa shape index (κ1) is 19.2. The van der Waals surface area contributed by atoms with E-state index in [4.69, 9.17) is 4.74 Å². The van der Waals surface area contributed by atoms with E-state index in [1.807, 2.05) is 6.92 Å². The van der Waals surface area contributed by atoms with E-state index in [-0.39, 0.29) is 41.5 Å². The zero-order chi connectivity index (χ0) is 20.3. The molecular formula is C23H34O5. The van der Waals surface area contributed by atoms with Gasteiger partial charge in [0.1, 0.15) is 6.10 Å². The maximum absolute atomic E-state index is 13.6. The molecule has 3 N–H and O–H groups in total. The minimum Gasteiger partial charge on any atom is -0.392 e. The van der Waals surface area contributed by atoms with Gasteiger partial charge in [-0.15, -0.1) is 0 Å². The van der Waals surface area contributed by atoms with Crippen LogP contribution >= 0.6 is 0 Å². The molecule has 2 heterocycles. The van der Waals surface area contributed by atoms with E-state index >= 15 is 0 Å². The van der Waals surface area contributed by atoms with E-state index < -0.39 is 28.8 Å². The van der Waals surface area contributed by atoms with E-state index in [0.717, 1.165) is 32.1 Å². The molecule has 0 aromatic heterocycles. The summed E-state index contributed by atoms with van der Waals surface area (Å²) in [6.07, 6.45) is 3.20. The Morgan fingerprint density at radius 1 is 1.25 bits per heavy atom. The topological polar surface area (TPSA) is 87.0 Å². The lowest BCUT2D eigenvalue weighted by Gasteiger charge is -2.75. The van der Waals surface area contributed by atoms with Crippen molar-refractivity contribution >= 4 is 5.78 Å². The molecule has 10 atom stereocenters. The zero-order valence-electron chi connectivity index (χ0n) is 17.3. The number of ketones is 1. The summed E-state index contributed by atoms with van der Waals surface area (Å²) in [5.74, 6) is -2.61. The predicted molar refractivity (Wildman–Crippen MR) is 103 cm³/mol. The van der Waals surface area contributed by atoms with Crippen LogP contribution in [0.25, 0.3) is 0 Å². The standard InChI is InChI=1S/C23H34O5/c1-5-9-20(4)10-8-16(24)21-11-28-23(27,19(26)17(20)21)22-13(3)14(6-7-15(21)22)12(2)18(22)25/h13-17,19,24,26-27H,2,5-11H2,1,3-4H3/t13?,14-,15-,16-,17+,19-,20+,21+,22-,23-/m0/s1. The molecule has 2 saturated heterocycles. The second kappa shape index (κ2) is 5.48. The van der Waals surface area contributed by atoms with Gasteiger partial charge in [-0.2, -0.15) is 0 Å². The number of rotatable bonds is 2. The lowest BCUT2D eigenvalue weighted by atomic mass is 9.34. The molecule has 0 amide bonds. The fourth-order valence-corrected chi connectivity index (χ4v) is 9.08. The summed E-state index contributed by atoms with van der Waals surface area (Å²) in [6.45, 7) is 10.6. The van der Waals surface area contributed by atoms with E-state index in [0.29, 0.717) is 12.0 Å². The zero-order valence-corrected chi connectivity index (χ0v) is 17.3. The molecule has 6 aliphatic rings. The van der Waals surface area contributed by atoms with Gasteiger partial charge in [0.2, 0.25) is 5.79 Å². The average Bonchev–Trinajstić information content (AvgIpc) is 2.76. The van der Waals surface area contributed by atoms with Crippen LogP contribution in [0.4, 0.5) is 0 Å². The van der Waals surface area contributed by atoms with Crippen LogP contribution in [-0.4, -0.2) is 45.7 Å². The van der Waals surface area contributed by atoms with Crippen molar-refractivity contribution in [1.29, 1.82) is 0 Å². The van der Waals surface area contributed by atoms with Crippen LogP contribution in [0.5, 0.6) is 0 Å². The molecule has 4 bridgehead atoms. The molecule has 4 saturated carbocycles. The highest BCUT2D eigenvalue weighted by Gasteiger charge is 2.86. The summed E-state index contributed by atoms with van der Waals surface area (Å²) in [5.41, 5.74) is -1.50. The van der Waals surface area contributed by atoms with Crippen LogP contribution in [0, 0.1) is 39.9 Å². The number of hydrogen-bond donors (Lipinski definition) is 3. The minimum absolute atomic E-state index is 0.0283. The SMILES string of the molecule is C=C1C(=O)[C@]23C(C)[C@H]1CC[C@H]2[C@@]12CO[C@@]3(O)[C@@H](O)[C@@H]1[C@](C)(CCC)CC[C@@H]2O. The summed E-state index contributed by atoms with van der Waals surface area (Å²) in [7, 11) is 0. The first-order valence-electron chi connectivity index (χ1n) is 11.1. The predicted octanol–water partition coefficient (Wildman–Crippen LogP) is 2.43. The van der Waals surface area contributed by atoms with Gasteiger partial charge in [-0.05, 0) is 60.8 Å². The van der Waals surface area contributed by atoms with Crippen LogP contribution in [0.1, 0.15) is 59.3 Å². The highest BCUT2D eigenvalue weighted by Crippen LogP contribution is 2.78. The average molecular weight is 391 g/mol. The van der Waals surface area contributed by atoms with E-state index in [2.05, 4.69) is 20.4 Å². The molecule has 6 fully saturated rings. The third-order valence-electron chi connectivity index (χ3n) is 10.0. The largest absolute Gasteiger partial charge is 0.392 e. The van der Waals surface area contributed by atoms with Crippen molar-refractivity contribution < 1.29 is 24.9 Å². The minimum atomic E-state index is -1.90. The van der Waals surface area contributed by atoms with Crippen LogP contribution in [0.2, 0.25) is 0 Å². The Morgan fingerprint density at radius 3 is 2.64 bits per heavy atom. The molecule has 1 unspecified atom stereocenters. The van der Waals surface area contributed by atoms with Crippen molar-refractivity contribution in [3.8, 4) is 0 Å². The summed E-state index contributed by atoms with van der Waals surface area (Å²) < 4.78 is 6.04.